The van der Waals surface area contributed by atoms with Crippen molar-refractivity contribution in [1.29, 1.82) is 5.41 Å². The molecule has 0 spiro atoms. The molecule has 3 nitrogen and oxygen atoms in total. The Labute approximate surface area is 100 Å². The molecule has 0 fully saturated rings. The third-order valence-corrected chi connectivity index (χ3v) is 1.73. The summed E-state index contributed by atoms with van der Waals surface area (Å²) in [5, 5.41) is 7.33. The Hall–Kier alpha value is -1.29. The molecule has 0 amide bonds. The minimum atomic E-state index is -0.288. The Morgan fingerprint density at radius 3 is 2.50 bits per heavy atom. The molecule has 0 atom stereocenters. The zero-order valence-corrected chi connectivity index (χ0v) is 9.85. The van der Waals surface area contributed by atoms with E-state index >= 15 is 0 Å². The number of nitrogens with one attached hydrogen (secondary N) is 1. The molecule has 16 heavy (non-hydrogen) atoms. The summed E-state index contributed by atoms with van der Waals surface area (Å²) in [6.07, 6.45) is 0.422. The van der Waals surface area contributed by atoms with E-state index in [1.54, 1.807) is 12.1 Å². The minimum Gasteiger partial charge on any atom is -0.493 e. The van der Waals surface area contributed by atoms with Gasteiger partial charge in [0.1, 0.15) is 11.6 Å². The summed E-state index contributed by atoms with van der Waals surface area (Å²) in [6, 6.07) is 5.78. The summed E-state index contributed by atoms with van der Waals surface area (Å²) >= 11 is 0. The van der Waals surface area contributed by atoms with Crippen molar-refractivity contribution in [3.05, 3.63) is 30.1 Å². The van der Waals surface area contributed by atoms with Gasteiger partial charge in [0.2, 0.25) is 0 Å². The molecule has 5 heteroatoms. The van der Waals surface area contributed by atoms with Crippen LogP contribution in [-0.2, 0) is 4.74 Å². The van der Waals surface area contributed by atoms with Gasteiger partial charge in [-0.3, -0.25) is 5.41 Å². The van der Waals surface area contributed by atoms with Crippen molar-refractivity contribution in [3.8, 4) is 5.75 Å². The van der Waals surface area contributed by atoms with Crippen molar-refractivity contribution in [1.82, 2.24) is 0 Å². The second-order valence-corrected chi connectivity index (χ2v) is 2.91. The van der Waals surface area contributed by atoms with Gasteiger partial charge in [0.25, 0.3) is 0 Å². The van der Waals surface area contributed by atoms with Gasteiger partial charge in [0.15, 0.2) is 5.90 Å². The first-order chi connectivity index (χ1) is 7.22. The maximum Gasteiger partial charge on any atom is 0.183 e. The lowest BCUT2D eigenvalue weighted by molar-refractivity contribution is 0.282. The van der Waals surface area contributed by atoms with Crippen LogP contribution in [-0.4, -0.2) is 19.1 Å². The molecule has 0 aliphatic rings. The van der Waals surface area contributed by atoms with E-state index in [0.717, 1.165) is 0 Å². The number of hydrogen-bond donors (Lipinski definition) is 1. The molecule has 0 radical (unpaired) electrons. The monoisotopic (exact) mass is 247 g/mol. The van der Waals surface area contributed by atoms with E-state index in [9.17, 15) is 4.39 Å². The maximum absolute atomic E-state index is 12.5. The Kier molecular flexibility index (Phi) is 7.29. The fourth-order valence-corrected chi connectivity index (χ4v) is 1.04. The number of hydrogen-bond acceptors (Lipinski definition) is 3. The van der Waals surface area contributed by atoms with Crippen LogP contribution in [0.3, 0.4) is 0 Å². The van der Waals surface area contributed by atoms with Gasteiger partial charge in [0.05, 0.1) is 19.6 Å². The second kappa shape index (κ2) is 7.93. The summed E-state index contributed by atoms with van der Waals surface area (Å²) in [7, 11) is 0. The third kappa shape index (κ3) is 5.56. The lowest BCUT2D eigenvalue weighted by atomic mass is 10.3. The average Bonchev–Trinajstić information content (AvgIpc) is 2.21. The molecule has 1 aromatic carbocycles. The molecule has 1 rings (SSSR count). The number of rotatable bonds is 5. The summed E-state index contributed by atoms with van der Waals surface area (Å²) < 4.78 is 22.8. The lowest BCUT2D eigenvalue weighted by Crippen LogP contribution is -2.08. The van der Waals surface area contributed by atoms with Gasteiger partial charge in [-0.2, -0.15) is 0 Å². The molecular formula is C11H15ClFNO2. The highest BCUT2D eigenvalue weighted by molar-refractivity contribution is 5.85. The van der Waals surface area contributed by atoms with E-state index < -0.39 is 0 Å². The molecule has 0 aliphatic heterocycles. The topological polar surface area (TPSA) is 42.3 Å². The van der Waals surface area contributed by atoms with E-state index in [0.29, 0.717) is 25.4 Å². The number of halogens is 2. The van der Waals surface area contributed by atoms with E-state index in [2.05, 4.69) is 0 Å². The van der Waals surface area contributed by atoms with Crippen LogP contribution < -0.4 is 4.74 Å². The molecule has 1 N–H and O–H groups in total. The average molecular weight is 248 g/mol. The van der Waals surface area contributed by atoms with Gasteiger partial charge in [-0.05, 0) is 31.2 Å². The molecule has 1 aromatic rings. The zero-order valence-electron chi connectivity index (χ0n) is 9.03. The van der Waals surface area contributed by atoms with Gasteiger partial charge in [-0.25, -0.2) is 4.39 Å². The van der Waals surface area contributed by atoms with Crippen LogP contribution in [0.5, 0.6) is 5.75 Å². The van der Waals surface area contributed by atoms with E-state index in [-0.39, 0.29) is 24.1 Å². The van der Waals surface area contributed by atoms with Crippen LogP contribution in [0.25, 0.3) is 0 Å². The van der Waals surface area contributed by atoms with Gasteiger partial charge in [-0.1, -0.05) is 0 Å². The van der Waals surface area contributed by atoms with Crippen LogP contribution >= 0.6 is 12.4 Å². The molecule has 0 saturated carbocycles. The van der Waals surface area contributed by atoms with Crippen LogP contribution in [0, 0.1) is 11.2 Å². The Balaban J connectivity index is 0.00000225. The van der Waals surface area contributed by atoms with Crippen molar-refractivity contribution in [2.75, 3.05) is 13.2 Å². The van der Waals surface area contributed by atoms with Crippen molar-refractivity contribution in [3.63, 3.8) is 0 Å². The Morgan fingerprint density at radius 1 is 1.31 bits per heavy atom. The molecule has 90 valence electrons. The van der Waals surface area contributed by atoms with E-state index in [4.69, 9.17) is 14.9 Å². The first kappa shape index (κ1) is 14.7. The third-order valence-electron chi connectivity index (χ3n) is 1.73. The van der Waals surface area contributed by atoms with E-state index in [1.807, 2.05) is 6.92 Å². The largest absolute Gasteiger partial charge is 0.493 e. The Morgan fingerprint density at radius 2 is 1.94 bits per heavy atom. The normalized spacial score (nSPS) is 9.12. The molecule has 0 bridgehead atoms. The van der Waals surface area contributed by atoms with Crippen LogP contribution in [0.1, 0.15) is 13.3 Å². The molecule has 0 unspecified atom stereocenters. The van der Waals surface area contributed by atoms with Gasteiger partial charge in [0, 0.05) is 0 Å². The van der Waals surface area contributed by atoms with Crippen molar-refractivity contribution >= 4 is 18.3 Å². The fraction of sp³-hybridized carbons (Fsp3) is 0.364. The van der Waals surface area contributed by atoms with Crippen molar-refractivity contribution in [2.45, 2.75) is 13.3 Å². The molecule has 0 aromatic heterocycles. The first-order valence-corrected chi connectivity index (χ1v) is 4.81. The zero-order chi connectivity index (χ0) is 11.1. The summed E-state index contributed by atoms with van der Waals surface area (Å²) in [5.74, 6) is 0.518. The van der Waals surface area contributed by atoms with Crippen LogP contribution in [0.15, 0.2) is 24.3 Å². The standard InChI is InChI=1S/C11H14FNO2.ClH/c1-2-14-11(13)7-8-15-10-5-3-9(12)4-6-10;/h3-6,13H,2,7-8H2,1H3;1H. The molecule has 0 saturated heterocycles. The highest BCUT2D eigenvalue weighted by Crippen LogP contribution is 2.11. The number of benzene rings is 1. The molecule has 0 aliphatic carbocycles. The summed E-state index contributed by atoms with van der Waals surface area (Å²) in [6.45, 7) is 2.69. The SMILES string of the molecule is CCOC(=N)CCOc1ccc(F)cc1.Cl. The minimum absolute atomic E-state index is 0. The van der Waals surface area contributed by atoms with Crippen LogP contribution in [0.4, 0.5) is 4.39 Å². The highest BCUT2D eigenvalue weighted by atomic mass is 35.5. The predicted octanol–water partition coefficient (Wildman–Crippen LogP) is 3.03. The van der Waals surface area contributed by atoms with Gasteiger partial charge >= 0.3 is 0 Å². The van der Waals surface area contributed by atoms with E-state index in [1.165, 1.54) is 12.1 Å². The molecular weight excluding hydrogens is 233 g/mol. The maximum atomic E-state index is 12.5. The van der Waals surface area contributed by atoms with Crippen LogP contribution in [0.2, 0.25) is 0 Å². The van der Waals surface area contributed by atoms with Gasteiger partial charge < -0.3 is 9.47 Å². The van der Waals surface area contributed by atoms with Crippen molar-refractivity contribution < 1.29 is 13.9 Å². The fourth-order valence-electron chi connectivity index (χ4n) is 1.04. The molecule has 0 heterocycles. The highest BCUT2D eigenvalue weighted by Gasteiger charge is 1.98. The quantitative estimate of drug-likeness (QED) is 0.642. The van der Waals surface area contributed by atoms with Crippen molar-refractivity contribution in [2.24, 2.45) is 0 Å². The summed E-state index contributed by atoms with van der Waals surface area (Å²) in [5.41, 5.74) is 0. The first-order valence-electron chi connectivity index (χ1n) is 4.81. The Bertz CT molecular complexity index is 316. The number of ether oxygens (including phenoxy) is 2. The lowest BCUT2D eigenvalue weighted by Gasteiger charge is -2.07. The van der Waals surface area contributed by atoms with Gasteiger partial charge in [-0.15, -0.1) is 12.4 Å². The smallest absolute Gasteiger partial charge is 0.183 e. The summed E-state index contributed by atoms with van der Waals surface area (Å²) in [4.78, 5) is 0. The predicted molar refractivity (Wildman–Crippen MR) is 63.1 cm³/mol. The second-order valence-electron chi connectivity index (χ2n) is 2.91.